The number of anilines is 1. The van der Waals surface area contributed by atoms with Gasteiger partial charge in [0.15, 0.2) is 11.5 Å². The summed E-state index contributed by atoms with van der Waals surface area (Å²) >= 11 is 0. The quantitative estimate of drug-likeness (QED) is 0.328. The Morgan fingerprint density at radius 3 is 2.57 bits per heavy atom. The van der Waals surface area contributed by atoms with Crippen molar-refractivity contribution < 1.29 is 4.79 Å². The Morgan fingerprint density at radius 1 is 1.08 bits per heavy atom. The largest absolute Gasteiger partial charge is 0.381 e. The van der Waals surface area contributed by atoms with Crippen molar-refractivity contribution >= 4 is 28.1 Å². The van der Waals surface area contributed by atoms with Gasteiger partial charge in [0, 0.05) is 42.3 Å². The molecule has 2 aromatic carbocycles. The summed E-state index contributed by atoms with van der Waals surface area (Å²) < 4.78 is 3.20. The van der Waals surface area contributed by atoms with Gasteiger partial charge >= 0.3 is 0 Å². The van der Waals surface area contributed by atoms with Gasteiger partial charge in [-0.3, -0.25) is 14.2 Å². The molecule has 0 aliphatic heterocycles. The third-order valence-corrected chi connectivity index (χ3v) is 5.66. The number of pyridine rings is 1. The third kappa shape index (κ3) is 5.19. The summed E-state index contributed by atoms with van der Waals surface area (Å²) in [6, 6.07) is 19.3. The topological polar surface area (TPSA) is 147 Å². The second-order valence-corrected chi connectivity index (χ2v) is 8.09. The van der Waals surface area contributed by atoms with Crippen LogP contribution in [-0.4, -0.2) is 31.6 Å². The highest BCUT2D eigenvalue weighted by atomic mass is 16.1. The zero-order valence-corrected chi connectivity index (χ0v) is 20.4. The molecule has 0 fully saturated rings. The number of nitrogens with zero attached hydrogens (tertiary/aromatic N) is 4. The number of carbonyl (C=O) groups is 1. The van der Waals surface area contributed by atoms with Crippen LogP contribution in [-0.2, 0) is 6.42 Å². The number of rotatable bonds is 4. The molecular formula is C28H27N7O2. The molecule has 1 amide bonds. The molecule has 0 saturated carbocycles. The highest BCUT2D eigenvalue weighted by Crippen LogP contribution is 2.19. The van der Waals surface area contributed by atoms with Gasteiger partial charge in [-0.15, -0.1) is 5.10 Å². The minimum atomic E-state index is -0.619. The summed E-state index contributed by atoms with van der Waals surface area (Å²) in [7, 11) is 0. The molecule has 0 bridgehead atoms. The van der Waals surface area contributed by atoms with Gasteiger partial charge in [0.2, 0.25) is 0 Å². The average Bonchev–Trinajstić information content (AvgIpc) is 3.25. The van der Waals surface area contributed by atoms with Crippen molar-refractivity contribution in [2.24, 2.45) is 11.5 Å². The number of nitrogen functional groups attached to an aromatic ring is 1. The highest BCUT2D eigenvalue weighted by Gasteiger charge is 2.15. The molecule has 0 atom stereocenters. The van der Waals surface area contributed by atoms with Gasteiger partial charge in [0.05, 0.1) is 5.39 Å². The summed E-state index contributed by atoms with van der Waals surface area (Å²) in [4.78, 5) is 28.1. The van der Waals surface area contributed by atoms with Crippen molar-refractivity contribution in [1.29, 1.82) is 0 Å². The third-order valence-electron chi connectivity index (χ3n) is 5.66. The molecule has 3 aromatic heterocycles. The number of hydrogen-bond acceptors (Lipinski definition) is 6. The Balaban J connectivity index is 0.000000207. The lowest BCUT2D eigenvalue weighted by atomic mass is 10.0. The van der Waals surface area contributed by atoms with E-state index in [9.17, 15) is 9.59 Å². The number of aromatic nitrogens is 4. The van der Waals surface area contributed by atoms with E-state index in [1.54, 1.807) is 23.0 Å². The summed E-state index contributed by atoms with van der Waals surface area (Å²) in [6.07, 6.45) is 4.59. The van der Waals surface area contributed by atoms with Crippen LogP contribution in [0, 0.1) is 11.8 Å². The number of aryl methyl sites for hydroxylation is 1. The van der Waals surface area contributed by atoms with Crippen molar-refractivity contribution in [1.82, 2.24) is 19.2 Å². The molecular weight excluding hydrogens is 466 g/mol. The summed E-state index contributed by atoms with van der Waals surface area (Å²) in [5.74, 6) is 5.62. The number of fused-ring (bicyclic) bond motifs is 2. The van der Waals surface area contributed by atoms with Crippen LogP contribution in [0.3, 0.4) is 0 Å². The minimum absolute atomic E-state index is 0.0202. The fourth-order valence-corrected chi connectivity index (χ4v) is 4.01. The van der Waals surface area contributed by atoms with E-state index < -0.39 is 5.91 Å². The first-order valence-corrected chi connectivity index (χ1v) is 11.8. The minimum Gasteiger partial charge on any atom is -0.381 e. The lowest BCUT2D eigenvalue weighted by Crippen LogP contribution is -2.22. The van der Waals surface area contributed by atoms with E-state index in [2.05, 4.69) is 34.9 Å². The molecule has 0 aliphatic carbocycles. The maximum atomic E-state index is 13.2. The van der Waals surface area contributed by atoms with E-state index in [-0.39, 0.29) is 16.9 Å². The van der Waals surface area contributed by atoms with Crippen molar-refractivity contribution in [3.05, 3.63) is 100 Å². The van der Waals surface area contributed by atoms with Crippen molar-refractivity contribution in [2.75, 3.05) is 12.3 Å². The molecule has 186 valence electrons. The Labute approximate surface area is 213 Å². The van der Waals surface area contributed by atoms with Gasteiger partial charge in [0.25, 0.3) is 11.5 Å². The predicted octanol–water partition coefficient (Wildman–Crippen LogP) is 2.66. The Kier molecular flexibility index (Phi) is 7.62. The van der Waals surface area contributed by atoms with Crippen LogP contribution in [0.25, 0.3) is 22.1 Å². The van der Waals surface area contributed by atoms with Crippen molar-refractivity contribution in [3.63, 3.8) is 0 Å². The molecule has 0 radical (unpaired) electrons. The van der Waals surface area contributed by atoms with Crippen LogP contribution in [0.2, 0.25) is 0 Å². The molecule has 0 saturated heterocycles. The van der Waals surface area contributed by atoms with Gasteiger partial charge in [-0.2, -0.15) is 0 Å². The number of para-hydroxylation sites is 1. The van der Waals surface area contributed by atoms with Gasteiger partial charge in [0.1, 0.15) is 5.56 Å². The van der Waals surface area contributed by atoms with Gasteiger partial charge in [-0.05, 0) is 42.1 Å². The predicted molar refractivity (Wildman–Crippen MR) is 145 cm³/mol. The van der Waals surface area contributed by atoms with E-state index in [1.807, 2.05) is 48.5 Å². The van der Waals surface area contributed by atoms with Gasteiger partial charge in [-0.1, -0.05) is 49.1 Å². The first kappa shape index (κ1) is 25.2. The summed E-state index contributed by atoms with van der Waals surface area (Å²) in [5, 5.41) is 5.47. The molecule has 5 rings (SSSR count). The highest BCUT2D eigenvalue weighted by molar-refractivity contribution is 6.03. The van der Waals surface area contributed by atoms with Crippen LogP contribution in [0.15, 0.2) is 77.9 Å². The molecule has 6 N–H and O–H groups in total. The molecule has 9 nitrogen and oxygen atoms in total. The van der Waals surface area contributed by atoms with Crippen LogP contribution >= 0.6 is 0 Å². The zero-order chi connectivity index (χ0) is 26.4. The van der Waals surface area contributed by atoms with Crippen LogP contribution < -0.4 is 22.8 Å². The Hall–Kier alpha value is -4.94. The maximum Gasteiger partial charge on any atom is 0.264 e. The molecule has 3 heterocycles. The molecule has 5 aromatic rings. The second kappa shape index (κ2) is 11.2. The Morgan fingerprint density at radius 2 is 1.86 bits per heavy atom. The maximum absolute atomic E-state index is 13.2. The lowest BCUT2D eigenvalue weighted by Gasteiger charge is -2.14. The Bertz CT molecular complexity index is 1690. The lowest BCUT2D eigenvalue weighted by molar-refractivity contribution is 0.100. The summed E-state index contributed by atoms with van der Waals surface area (Å²) in [5.41, 5.74) is 19.3. The van der Waals surface area contributed by atoms with E-state index in [0.717, 1.165) is 28.8 Å². The number of primary amides is 1. The van der Waals surface area contributed by atoms with Crippen molar-refractivity contribution in [2.45, 2.75) is 19.8 Å². The smallest absolute Gasteiger partial charge is 0.264 e. The number of carbonyl (C=O) groups excluding carboxylic acids is 1. The standard InChI is InChI=1S/C21H20N2O.C7H7N5O/c1-2-18-15-17-11-8-10-16(9-6-7-14-22)20(17)21(24)23(18)19-12-4-3-5-13-19;8-5-4(6(9)13)7-10-2-1-3-12(7)11-5/h3-5,8,10-13,15H,2,7,14,22H2,1H3;1-3H,(H2,8,11)(H2,9,13). The SMILES string of the molecule is CCc1cc2cccc(C#CCCN)c2c(=O)n1-c1ccccc1.NC(=O)c1c(N)nn2cccnc12. The fourth-order valence-electron chi connectivity index (χ4n) is 4.01. The monoisotopic (exact) mass is 493 g/mol. The molecule has 0 spiro atoms. The van der Waals surface area contributed by atoms with E-state index in [4.69, 9.17) is 17.2 Å². The molecule has 37 heavy (non-hydrogen) atoms. The van der Waals surface area contributed by atoms with E-state index in [0.29, 0.717) is 24.0 Å². The fraction of sp³-hybridized carbons (Fsp3) is 0.143. The first-order chi connectivity index (χ1) is 18.0. The van der Waals surface area contributed by atoms with E-state index >= 15 is 0 Å². The number of nitrogens with two attached hydrogens (primary N) is 3. The van der Waals surface area contributed by atoms with E-state index in [1.165, 1.54) is 4.52 Å². The van der Waals surface area contributed by atoms with Crippen LogP contribution in [0.5, 0.6) is 0 Å². The number of hydrogen-bond donors (Lipinski definition) is 3. The normalized spacial score (nSPS) is 10.4. The van der Waals surface area contributed by atoms with Crippen LogP contribution in [0.4, 0.5) is 5.82 Å². The number of amides is 1. The molecule has 0 unspecified atom stereocenters. The van der Waals surface area contributed by atoms with Gasteiger partial charge < -0.3 is 17.2 Å². The van der Waals surface area contributed by atoms with Crippen LogP contribution in [0.1, 0.15) is 35.0 Å². The first-order valence-electron chi connectivity index (χ1n) is 11.8. The zero-order valence-electron chi connectivity index (χ0n) is 20.4. The molecule has 9 heteroatoms. The summed E-state index contributed by atoms with van der Waals surface area (Å²) in [6.45, 7) is 2.58. The average molecular weight is 494 g/mol. The van der Waals surface area contributed by atoms with Gasteiger partial charge in [-0.25, -0.2) is 9.50 Å². The number of benzene rings is 2. The molecule has 0 aliphatic rings. The van der Waals surface area contributed by atoms with Crippen molar-refractivity contribution in [3.8, 4) is 17.5 Å². The second-order valence-electron chi connectivity index (χ2n) is 8.09.